The third-order valence-electron chi connectivity index (χ3n) is 3.08. The van der Waals surface area contributed by atoms with E-state index in [-0.39, 0.29) is 0 Å². The summed E-state index contributed by atoms with van der Waals surface area (Å²) >= 11 is 17.2. The minimum atomic E-state index is 0.387. The molecule has 0 fully saturated rings. The molecule has 24 heavy (non-hydrogen) atoms. The molecule has 8 heteroatoms. The summed E-state index contributed by atoms with van der Waals surface area (Å²) in [5, 5.41) is 12.0. The average Bonchev–Trinajstić information content (AvgIpc) is 2.94. The van der Waals surface area contributed by atoms with Gasteiger partial charge in [0.1, 0.15) is 6.33 Å². The zero-order valence-corrected chi connectivity index (χ0v) is 14.7. The van der Waals surface area contributed by atoms with Gasteiger partial charge in [0.15, 0.2) is 5.11 Å². The number of benzene rings is 2. The van der Waals surface area contributed by atoms with Crippen molar-refractivity contribution in [1.29, 1.82) is 0 Å². The van der Waals surface area contributed by atoms with Crippen LogP contribution in [0.5, 0.6) is 0 Å². The molecule has 3 rings (SSSR count). The van der Waals surface area contributed by atoms with Crippen molar-refractivity contribution < 1.29 is 0 Å². The summed E-state index contributed by atoms with van der Waals surface area (Å²) in [7, 11) is 0. The SMILES string of the molecule is S=C(Nc1cccc(Cl)c1)Nc1ncn(Cc2cccc(Cl)c2)n1. The van der Waals surface area contributed by atoms with E-state index in [0.29, 0.717) is 27.7 Å². The van der Waals surface area contributed by atoms with Gasteiger partial charge in [0.25, 0.3) is 0 Å². The molecule has 0 aliphatic rings. The van der Waals surface area contributed by atoms with E-state index in [1.165, 1.54) is 0 Å². The molecule has 0 radical (unpaired) electrons. The van der Waals surface area contributed by atoms with Crippen molar-refractivity contribution in [2.75, 3.05) is 10.6 Å². The Morgan fingerprint density at radius 2 is 1.79 bits per heavy atom. The topological polar surface area (TPSA) is 54.8 Å². The summed E-state index contributed by atoms with van der Waals surface area (Å²) in [6.45, 7) is 0.573. The van der Waals surface area contributed by atoms with Gasteiger partial charge in [-0.1, -0.05) is 41.4 Å². The molecule has 0 saturated carbocycles. The fourth-order valence-corrected chi connectivity index (χ4v) is 2.69. The minimum Gasteiger partial charge on any atom is -0.332 e. The van der Waals surface area contributed by atoms with Crippen molar-refractivity contribution in [2.24, 2.45) is 0 Å². The molecule has 0 spiro atoms. The van der Waals surface area contributed by atoms with Crippen LogP contribution < -0.4 is 10.6 Å². The second kappa shape index (κ2) is 7.61. The highest BCUT2D eigenvalue weighted by molar-refractivity contribution is 7.80. The molecule has 0 atom stereocenters. The Labute approximate surface area is 154 Å². The molecule has 0 saturated heterocycles. The molecule has 2 N–H and O–H groups in total. The van der Waals surface area contributed by atoms with Gasteiger partial charge in [0.05, 0.1) is 6.54 Å². The Morgan fingerprint density at radius 3 is 2.54 bits per heavy atom. The van der Waals surface area contributed by atoms with E-state index in [0.717, 1.165) is 11.3 Å². The average molecular weight is 378 g/mol. The molecule has 0 bridgehead atoms. The second-order valence-corrected chi connectivity index (χ2v) is 6.27. The quantitative estimate of drug-likeness (QED) is 0.658. The van der Waals surface area contributed by atoms with Gasteiger partial charge in [-0.25, -0.2) is 9.67 Å². The monoisotopic (exact) mass is 377 g/mol. The summed E-state index contributed by atoms with van der Waals surface area (Å²) in [5.41, 5.74) is 1.83. The van der Waals surface area contributed by atoms with Crippen molar-refractivity contribution >= 4 is 52.2 Å². The first-order valence-electron chi connectivity index (χ1n) is 7.06. The number of rotatable bonds is 4. The lowest BCUT2D eigenvalue weighted by molar-refractivity contribution is 0.687. The first kappa shape index (κ1) is 16.7. The van der Waals surface area contributed by atoms with Crippen LogP contribution in [0.2, 0.25) is 10.0 Å². The highest BCUT2D eigenvalue weighted by Gasteiger charge is 2.05. The Bertz CT molecular complexity index is 865. The van der Waals surface area contributed by atoms with Gasteiger partial charge < -0.3 is 5.32 Å². The van der Waals surface area contributed by atoms with Crippen molar-refractivity contribution in [3.8, 4) is 0 Å². The lowest BCUT2D eigenvalue weighted by Gasteiger charge is -2.08. The Kier molecular flexibility index (Phi) is 5.30. The number of anilines is 2. The van der Waals surface area contributed by atoms with Gasteiger partial charge in [-0.2, -0.15) is 0 Å². The molecular formula is C16H13Cl2N5S. The highest BCUT2D eigenvalue weighted by atomic mass is 35.5. The van der Waals surface area contributed by atoms with Gasteiger partial charge in [-0.15, -0.1) is 5.10 Å². The zero-order chi connectivity index (χ0) is 16.9. The highest BCUT2D eigenvalue weighted by Crippen LogP contribution is 2.15. The number of halogens is 2. The molecule has 0 aliphatic carbocycles. The molecule has 1 aromatic heterocycles. The summed E-state index contributed by atoms with van der Waals surface area (Å²) in [5.74, 6) is 0.413. The van der Waals surface area contributed by atoms with Crippen LogP contribution in [-0.2, 0) is 6.54 Å². The smallest absolute Gasteiger partial charge is 0.248 e. The maximum absolute atomic E-state index is 5.98. The van der Waals surface area contributed by atoms with Crippen LogP contribution >= 0.6 is 35.4 Å². The van der Waals surface area contributed by atoms with Gasteiger partial charge in [-0.3, -0.25) is 5.32 Å². The molecule has 0 unspecified atom stereocenters. The third kappa shape index (κ3) is 4.67. The Hall–Kier alpha value is -2.15. The predicted molar refractivity (Wildman–Crippen MR) is 102 cm³/mol. The van der Waals surface area contributed by atoms with E-state index >= 15 is 0 Å². The molecule has 2 aromatic carbocycles. The first-order chi connectivity index (χ1) is 11.6. The van der Waals surface area contributed by atoms with Crippen LogP contribution in [0.4, 0.5) is 11.6 Å². The maximum atomic E-state index is 5.98. The minimum absolute atomic E-state index is 0.387. The lowest BCUT2D eigenvalue weighted by Crippen LogP contribution is -2.20. The number of nitrogens with zero attached hydrogens (tertiary/aromatic N) is 3. The van der Waals surface area contributed by atoms with Crippen LogP contribution in [0.25, 0.3) is 0 Å². The number of hydrogen-bond acceptors (Lipinski definition) is 3. The number of hydrogen-bond donors (Lipinski definition) is 2. The Morgan fingerprint density at radius 1 is 1.04 bits per heavy atom. The van der Waals surface area contributed by atoms with Crippen molar-refractivity contribution in [1.82, 2.24) is 14.8 Å². The summed E-state index contributed by atoms with van der Waals surface area (Å²) < 4.78 is 1.70. The molecular weight excluding hydrogens is 365 g/mol. The zero-order valence-electron chi connectivity index (χ0n) is 12.4. The van der Waals surface area contributed by atoms with Crippen molar-refractivity contribution in [3.63, 3.8) is 0 Å². The fourth-order valence-electron chi connectivity index (χ4n) is 2.08. The van der Waals surface area contributed by atoms with Crippen LogP contribution in [0, 0.1) is 0 Å². The molecule has 5 nitrogen and oxygen atoms in total. The van der Waals surface area contributed by atoms with E-state index < -0.39 is 0 Å². The van der Waals surface area contributed by atoms with Crippen LogP contribution in [0.3, 0.4) is 0 Å². The van der Waals surface area contributed by atoms with Gasteiger partial charge >= 0.3 is 0 Å². The number of aromatic nitrogens is 3. The maximum Gasteiger partial charge on any atom is 0.248 e. The predicted octanol–water partition coefficient (Wildman–Crippen LogP) is 4.44. The summed E-state index contributed by atoms with van der Waals surface area (Å²) in [6.07, 6.45) is 1.63. The van der Waals surface area contributed by atoms with Gasteiger partial charge in [-0.05, 0) is 48.1 Å². The van der Waals surface area contributed by atoms with Crippen LogP contribution in [-0.4, -0.2) is 19.9 Å². The van der Waals surface area contributed by atoms with Gasteiger partial charge in [0, 0.05) is 15.7 Å². The van der Waals surface area contributed by atoms with E-state index in [1.807, 2.05) is 36.4 Å². The largest absolute Gasteiger partial charge is 0.332 e. The fraction of sp³-hybridized carbons (Fsp3) is 0.0625. The standard InChI is InChI=1S/C16H13Cl2N5S/c17-12-4-1-3-11(7-12)9-23-10-19-15(22-23)21-16(24)20-14-6-2-5-13(18)8-14/h1-8,10H,9H2,(H2,20,21,22,24). The van der Waals surface area contributed by atoms with E-state index in [2.05, 4.69) is 20.7 Å². The second-order valence-electron chi connectivity index (χ2n) is 4.99. The lowest BCUT2D eigenvalue weighted by atomic mass is 10.2. The third-order valence-corrected chi connectivity index (χ3v) is 3.75. The molecule has 122 valence electrons. The van der Waals surface area contributed by atoms with Gasteiger partial charge in [0.2, 0.25) is 5.95 Å². The molecule has 0 amide bonds. The molecule has 0 aliphatic heterocycles. The van der Waals surface area contributed by atoms with Crippen LogP contribution in [0.1, 0.15) is 5.56 Å². The summed E-state index contributed by atoms with van der Waals surface area (Å²) in [6, 6.07) is 14.9. The van der Waals surface area contributed by atoms with Crippen LogP contribution in [0.15, 0.2) is 54.9 Å². The number of thiocarbonyl (C=S) groups is 1. The van der Waals surface area contributed by atoms with E-state index in [9.17, 15) is 0 Å². The van der Waals surface area contributed by atoms with E-state index in [1.54, 1.807) is 23.1 Å². The number of nitrogens with one attached hydrogen (secondary N) is 2. The Balaban J connectivity index is 1.60. The normalized spacial score (nSPS) is 10.4. The van der Waals surface area contributed by atoms with Crippen molar-refractivity contribution in [3.05, 3.63) is 70.5 Å². The van der Waals surface area contributed by atoms with Crippen molar-refractivity contribution in [2.45, 2.75) is 6.54 Å². The van der Waals surface area contributed by atoms with E-state index in [4.69, 9.17) is 35.4 Å². The first-order valence-corrected chi connectivity index (χ1v) is 8.22. The summed E-state index contributed by atoms with van der Waals surface area (Å²) in [4.78, 5) is 4.19. The molecule has 3 aromatic rings. The molecule has 1 heterocycles.